The van der Waals surface area contributed by atoms with Crippen LogP contribution in [-0.4, -0.2) is 124 Å². The molecule has 1 aliphatic heterocycles. The van der Waals surface area contributed by atoms with Crippen LogP contribution in [-0.2, 0) is 71.8 Å². The van der Waals surface area contributed by atoms with Crippen LogP contribution in [0.2, 0.25) is 0 Å². The molecule has 0 bridgehead atoms. The molecule has 5 heterocycles. The summed E-state index contributed by atoms with van der Waals surface area (Å²) >= 11 is 19.3. The number of halogens is 7. The maximum Gasteiger partial charge on any atom is 2.00 e. The van der Waals surface area contributed by atoms with Gasteiger partial charge in [0.1, 0.15) is 0 Å². The third-order valence-corrected chi connectivity index (χ3v) is 22.3. The van der Waals surface area contributed by atoms with Gasteiger partial charge in [0.2, 0.25) is 7.37 Å². The predicted molar refractivity (Wildman–Crippen MR) is 385 cm³/mol. The zero-order valence-corrected chi connectivity index (χ0v) is 70.5. The fourth-order valence-corrected chi connectivity index (χ4v) is 15.5. The van der Waals surface area contributed by atoms with Crippen molar-refractivity contribution in [1.82, 2.24) is 18.3 Å². The number of rotatable bonds is 22. The molecule has 19 nitrogen and oxygen atoms in total. The van der Waals surface area contributed by atoms with Gasteiger partial charge >= 0.3 is 67.8 Å². The molecule has 1 saturated heterocycles. The van der Waals surface area contributed by atoms with E-state index in [1.165, 1.54) is 22.0 Å². The van der Waals surface area contributed by atoms with E-state index in [0.717, 1.165) is 52.6 Å². The summed E-state index contributed by atoms with van der Waals surface area (Å²) in [6, 6.07) is 29.3. The van der Waals surface area contributed by atoms with Gasteiger partial charge in [0.15, 0.2) is 0 Å². The molecule has 4 aromatic heterocycles. The van der Waals surface area contributed by atoms with E-state index in [0.29, 0.717) is 67.2 Å². The Morgan fingerprint density at radius 1 is 0.484 bits per heavy atom. The van der Waals surface area contributed by atoms with E-state index in [2.05, 4.69) is 63.7 Å². The zero-order valence-electron chi connectivity index (χ0n) is 52.7. The smallest absolute Gasteiger partial charge is 1.00 e. The van der Waals surface area contributed by atoms with E-state index in [4.69, 9.17) is 38.6 Å². The third kappa shape index (κ3) is 31.5. The molecule has 0 radical (unpaired) electrons. The number of pyridine rings is 4. The van der Waals surface area contributed by atoms with Gasteiger partial charge in [-0.15, -0.1) is 0 Å². The van der Waals surface area contributed by atoms with Gasteiger partial charge in [-0.05, 0) is 177 Å². The Kier molecular flexibility index (Phi) is 47.7. The maximum atomic E-state index is 12.4. The Morgan fingerprint density at radius 3 is 1.06 bits per heavy atom. The first-order chi connectivity index (χ1) is 41.3. The van der Waals surface area contributed by atoms with Gasteiger partial charge in [0.25, 0.3) is 29.0 Å². The fourth-order valence-electron chi connectivity index (χ4n) is 8.65. The van der Waals surface area contributed by atoms with Crippen LogP contribution in [0.5, 0.6) is 0 Å². The van der Waals surface area contributed by atoms with E-state index in [-0.39, 0.29) is 169 Å². The quantitative estimate of drug-likeness (QED) is 0.0300. The molecule has 0 saturated carbocycles. The number of fused-ring (bicyclic) bond motifs is 4. The monoisotopic (exact) mass is 1840 g/mol. The van der Waals surface area contributed by atoms with Crippen molar-refractivity contribution in [3.8, 4) is 0 Å². The second kappa shape index (κ2) is 46.9. The van der Waals surface area contributed by atoms with Gasteiger partial charge in [-0.1, -0.05) is 71.1 Å². The first-order valence-electron chi connectivity index (χ1n) is 28.0. The topological polar surface area (TPSA) is 232 Å². The Balaban J connectivity index is 0. The van der Waals surface area contributed by atoms with Crippen LogP contribution < -0.4 is 92.8 Å². The van der Waals surface area contributed by atoms with Gasteiger partial charge in [0, 0.05) is 116 Å². The third-order valence-electron chi connectivity index (χ3n) is 12.9. The van der Waals surface area contributed by atoms with Gasteiger partial charge in [0.05, 0.1) is 51.5 Å². The SMILES string of the molecule is C.C1CCOC1.CCOP(=O)(CCn1ccc2cc(Br)ccc2c1=O)OCC.CCOP(=O)(Cl)CCn1ccc2cc(Br)ccc2c1=O.CCOP(=O)(O)CCn1ccc2cc(Br)ccc2c1=O.CCOP(C)(=O)CCn1ccc2cc(Br)ccc2c1=O.[Br-].[CH3-].[I-].[Mg+2].[Na+]. The summed E-state index contributed by atoms with van der Waals surface area (Å²) in [7, 11) is -9.37. The van der Waals surface area contributed by atoms with Crippen LogP contribution in [0, 0.1) is 7.43 Å². The van der Waals surface area contributed by atoms with Gasteiger partial charge in [-0.25, -0.2) is 0 Å². The molecule has 1 N–H and O–H groups in total. The molecule has 9 rings (SSSR count). The molecule has 0 amide bonds. The molecule has 3 unspecified atom stereocenters. The van der Waals surface area contributed by atoms with Gasteiger partial charge in [-0.2, -0.15) is 0 Å². The van der Waals surface area contributed by atoms with Crippen LogP contribution in [0.25, 0.3) is 43.1 Å². The Bertz CT molecular complexity index is 3760. The van der Waals surface area contributed by atoms with E-state index in [1.807, 2.05) is 73.7 Å². The summed E-state index contributed by atoms with van der Waals surface area (Å²) in [6.07, 6.45) is 9.90. The van der Waals surface area contributed by atoms with Crippen molar-refractivity contribution in [3.63, 3.8) is 0 Å². The molecular weight excluding hydrogens is 1760 g/mol. The van der Waals surface area contributed by atoms with E-state index >= 15 is 0 Å². The first kappa shape index (κ1) is 94.6. The molecule has 93 heavy (non-hydrogen) atoms. The van der Waals surface area contributed by atoms with Crippen LogP contribution >= 0.6 is 104 Å². The first-order valence-corrected chi connectivity index (χ1v) is 39.6. The van der Waals surface area contributed by atoms with Crippen molar-refractivity contribution in [2.75, 3.05) is 77.6 Å². The number of nitrogens with zero attached hydrogens (tertiary/aromatic N) is 4. The van der Waals surface area contributed by atoms with Crippen molar-refractivity contribution in [1.29, 1.82) is 0 Å². The fraction of sp³-hybridized carbons (Fsp3) is 0.393. The average molecular weight is 1840 g/mol. The number of aryl methyl sites for hydroxylation is 4. The summed E-state index contributed by atoms with van der Waals surface area (Å²) < 4.78 is 88.1. The van der Waals surface area contributed by atoms with Crippen LogP contribution in [0.3, 0.4) is 0 Å². The number of aromatic nitrogens is 4. The molecule has 0 aliphatic carbocycles. The Labute approximate surface area is 649 Å². The number of benzene rings is 4. The Morgan fingerprint density at radius 2 is 0.774 bits per heavy atom. The van der Waals surface area contributed by atoms with E-state index in [1.54, 1.807) is 98.6 Å². The zero-order chi connectivity index (χ0) is 64.0. The van der Waals surface area contributed by atoms with Crippen LogP contribution in [0.4, 0.5) is 0 Å². The van der Waals surface area contributed by atoms with Gasteiger partial charge < -0.3 is 98.9 Å². The molecule has 0 spiro atoms. The van der Waals surface area contributed by atoms with Crippen molar-refractivity contribution < 1.29 is 121 Å². The normalized spacial score (nSPS) is 13.4. The van der Waals surface area contributed by atoms with E-state index < -0.39 is 29.3 Å². The summed E-state index contributed by atoms with van der Waals surface area (Å²) in [6.45, 7) is 11.9. The minimum Gasteiger partial charge on any atom is -1.00 e. The molecule has 506 valence electrons. The minimum atomic E-state index is -3.61. The summed E-state index contributed by atoms with van der Waals surface area (Å²) in [4.78, 5) is 58.8. The predicted octanol–water partition coefficient (Wildman–Crippen LogP) is 7.47. The largest absolute Gasteiger partial charge is 2.00 e. The molecule has 1 fully saturated rings. The molecular formula is C61H80Br5ClIMgN4NaO15P4. The molecule has 3 atom stereocenters. The Hall–Kier alpha value is -0.454. The van der Waals surface area contributed by atoms with Crippen molar-refractivity contribution in [3.05, 3.63) is 189 Å². The number of ether oxygens (including phenoxy) is 1. The molecule has 4 aromatic carbocycles. The maximum absolute atomic E-state index is 12.4. The van der Waals surface area contributed by atoms with E-state index in [9.17, 15) is 42.3 Å². The summed E-state index contributed by atoms with van der Waals surface area (Å²) in [5.74, 6) is 0. The minimum absolute atomic E-state index is 0. The van der Waals surface area contributed by atoms with Crippen molar-refractivity contribution >= 4 is 170 Å². The van der Waals surface area contributed by atoms with Crippen molar-refractivity contribution in [2.45, 2.75) is 81.1 Å². The average Bonchev–Trinajstić information content (AvgIpc) is 1.68. The molecule has 32 heteroatoms. The number of hydrogen-bond acceptors (Lipinski definition) is 14. The second-order valence-corrected chi connectivity index (χ2v) is 33.3. The van der Waals surface area contributed by atoms with Crippen LogP contribution in [0.15, 0.2) is 159 Å². The van der Waals surface area contributed by atoms with Gasteiger partial charge in [-0.3, -0.25) is 37.4 Å². The standard InChI is InChI=1S/C15H19BrNO4P.C14H17BrNO3P.C13H14BrClNO3P.C13H15BrNO4P.C4H8O.CH4.CH3.BrH.HI.Mg.Na/c1-3-20-22(19,21-4-2)10-9-17-8-7-12-11-13(16)5-6-14(12)15(17)18;1-3-19-20(2,18)9-8-16-7-6-11-10-12(15)4-5-13(11)14(16)17;1-2-19-20(15,18)8-7-16-6-5-10-9-11(14)3-4-12(10)13(16)17;1-2-19-20(17,18)8-7-15-6-5-10-9-11(14)3-4-12(10)13(15)16;1-2-4-5-3-1;;;;;;/h5-8,11H,3-4,9-10H2,1-2H3;4-7,10H,3,8-9H2,1-2H3;3-6,9H,2,7-8H2,1H3;3-6,9H,2,7-8H2,1H3,(H,17,18);1-4H2;1H4;1H3;2*1H;;/q;;;;;;-1;;;+2;+1/p-2. The van der Waals surface area contributed by atoms with Crippen LogP contribution in [0.1, 0.15) is 54.9 Å². The second-order valence-electron chi connectivity index (χ2n) is 19.3. The summed E-state index contributed by atoms with van der Waals surface area (Å²) in [5, 5.41) is 5.96. The number of hydrogen-bond donors (Lipinski definition) is 1. The molecule has 8 aromatic rings. The molecule has 1 aliphatic rings. The summed E-state index contributed by atoms with van der Waals surface area (Å²) in [5.41, 5.74) is -0.467. The van der Waals surface area contributed by atoms with Crippen molar-refractivity contribution in [2.24, 2.45) is 0 Å².